The van der Waals surface area contributed by atoms with E-state index in [1.165, 1.54) is 18.2 Å². The predicted octanol–water partition coefficient (Wildman–Crippen LogP) is 3.29. The normalized spacial score (nSPS) is 22.0. The van der Waals surface area contributed by atoms with Gasteiger partial charge in [0.1, 0.15) is 34.5 Å². The van der Waals surface area contributed by atoms with Gasteiger partial charge in [0.15, 0.2) is 5.78 Å². The summed E-state index contributed by atoms with van der Waals surface area (Å²) in [4.78, 5) is 28.8. The Kier molecular flexibility index (Phi) is 5.48. The fraction of sp³-hybridized carbons (Fsp3) is 0.316. The summed E-state index contributed by atoms with van der Waals surface area (Å²) in [6.07, 6.45) is 0.867. The summed E-state index contributed by atoms with van der Waals surface area (Å²) in [5, 5.41) is 14.1. The first-order valence-corrected chi connectivity index (χ1v) is 8.69. The maximum Gasteiger partial charge on any atom is 0.262 e. The summed E-state index contributed by atoms with van der Waals surface area (Å²) in [6.45, 7) is 0.659. The van der Waals surface area contributed by atoms with Gasteiger partial charge in [-0.2, -0.15) is 0 Å². The molecule has 1 fully saturated rings. The van der Waals surface area contributed by atoms with Crippen molar-refractivity contribution < 1.29 is 27.4 Å². The van der Waals surface area contributed by atoms with Gasteiger partial charge in [0, 0.05) is 30.9 Å². The molecule has 1 aliphatic rings. The summed E-state index contributed by atoms with van der Waals surface area (Å²) in [5.74, 6) is -5.65. The Morgan fingerprint density at radius 3 is 2.36 bits per heavy atom. The van der Waals surface area contributed by atoms with Crippen LogP contribution in [0.4, 0.5) is 19.0 Å². The smallest absolute Gasteiger partial charge is 0.262 e. The maximum atomic E-state index is 13.7. The van der Waals surface area contributed by atoms with Crippen LogP contribution < -0.4 is 5.32 Å². The quantitative estimate of drug-likeness (QED) is 0.491. The molecule has 28 heavy (non-hydrogen) atoms. The lowest BCUT2D eigenvalue weighted by atomic mass is 9.90. The van der Waals surface area contributed by atoms with Gasteiger partial charge in [0.25, 0.3) is 5.91 Å². The van der Waals surface area contributed by atoms with Gasteiger partial charge in [-0.1, -0.05) is 6.07 Å². The van der Waals surface area contributed by atoms with E-state index in [0.717, 1.165) is 0 Å². The second-order valence-electron chi connectivity index (χ2n) is 6.99. The van der Waals surface area contributed by atoms with Crippen LogP contribution >= 0.6 is 0 Å². The molecule has 1 aliphatic heterocycles. The van der Waals surface area contributed by atoms with E-state index in [1.54, 1.807) is 7.05 Å². The van der Waals surface area contributed by atoms with Crippen LogP contribution in [0.2, 0.25) is 0 Å². The van der Waals surface area contributed by atoms with Crippen LogP contribution in [0.25, 0.3) is 0 Å². The highest BCUT2D eigenvalue weighted by molar-refractivity contribution is 6.04. The van der Waals surface area contributed by atoms with Gasteiger partial charge in [-0.15, -0.1) is 0 Å². The number of hydroxylamine groups is 3. The minimum Gasteiger partial charge on any atom is -0.633 e. The van der Waals surface area contributed by atoms with Crippen molar-refractivity contribution in [3.63, 3.8) is 0 Å². The molecule has 148 valence electrons. The van der Waals surface area contributed by atoms with Gasteiger partial charge in [0.2, 0.25) is 0 Å². The highest BCUT2D eigenvalue weighted by Crippen LogP contribution is 2.24. The number of carbonyl (C=O) groups is 2. The number of amides is 1. The number of nitrogens with one attached hydrogen (secondary N) is 1. The molecule has 0 aliphatic carbocycles. The van der Waals surface area contributed by atoms with Crippen molar-refractivity contribution in [2.75, 3.05) is 25.5 Å². The number of hydrogen-bond donors (Lipinski definition) is 1. The summed E-state index contributed by atoms with van der Waals surface area (Å²) >= 11 is 0. The van der Waals surface area contributed by atoms with Gasteiger partial charge in [0.05, 0.1) is 20.1 Å². The fourth-order valence-electron chi connectivity index (χ4n) is 3.16. The number of benzene rings is 1. The van der Waals surface area contributed by atoms with Gasteiger partial charge >= 0.3 is 0 Å². The molecule has 3 rings (SSSR count). The zero-order valence-electron chi connectivity index (χ0n) is 15.0. The molecule has 2 aromatic rings. The standard InChI is InChI=1S/C19H18F3N3O3/c1-25(28)7-5-11(6-8-25)18(26)15-3-2-4-16(23-15)24-19(27)17-13(21)9-12(20)10-14(17)22/h2-4,9-11H,5-8H2,1H3,(H,23,24,27). The molecule has 1 aromatic carbocycles. The number of Topliss-reactive ketones (excluding diaryl/α,β-unsaturated/α-hetero) is 1. The summed E-state index contributed by atoms with van der Waals surface area (Å²) in [7, 11) is 1.56. The van der Waals surface area contributed by atoms with Gasteiger partial charge in [-0.3, -0.25) is 9.59 Å². The molecule has 0 saturated carbocycles. The second kappa shape index (κ2) is 7.69. The number of rotatable bonds is 4. The number of likely N-dealkylation sites (tertiary alicyclic amines) is 1. The van der Waals surface area contributed by atoms with Gasteiger partial charge in [-0.05, 0) is 12.1 Å². The van der Waals surface area contributed by atoms with Crippen LogP contribution in [0.15, 0.2) is 30.3 Å². The summed E-state index contributed by atoms with van der Waals surface area (Å²) in [5.41, 5.74) is -0.857. The third-order valence-corrected chi connectivity index (χ3v) is 4.75. The number of carbonyl (C=O) groups excluding carboxylic acids is 2. The molecular formula is C19H18F3N3O3. The molecule has 9 heteroatoms. The maximum absolute atomic E-state index is 13.7. The van der Waals surface area contributed by atoms with Crippen LogP contribution in [0.1, 0.15) is 33.7 Å². The van der Waals surface area contributed by atoms with Crippen LogP contribution in [0, 0.1) is 28.6 Å². The number of ketones is 1. The molecule has 1 amide bonds. The van der Waals surface area contributed by atoms with Crippen LogP contribution in [0.5, 0.6) is 0 Å². The van der Waals surface area contributed by atoms with Crippen molar-refractivity contribution in [3.8, 4) is 0 Å². The average molecular weight is 393 g/mol. The lowest BCUT2D eigenvalue weighted by Crippen LogP contribution is -2.45. The van der Waals surface area contributed by atoms with Crippen molar-refractivity contribution in [3.05, 3.63) is 64.2 Å². The van der Waals surface area contributed by atoms with Gasteiger partial charge in [-0.25, -0.2) is 18.2 Å². The molecule has 6 nitrogen and oxygen atoms in total. The highest BCUT2D eigenvalue weighted by atomic mass is 19.1. The Morgan fingerprint density at radius 2 is 1.75 bits per heavy atom. The number of aromatic nitrogens is 1. The Morgan fingerprint density at radius 1 is 1.14 bits per heavy atom. The monoisotopic (exact) mass is 393 g/mol. The molecule has 1 saturated heterocycles. The number of anilines is 1. The van der Waals surface area contributed by atoms with E-state index in [0.29, 0.717) is 38.1 Å². The Bertz CT molecular complexity index is 901. The largest absolute Gasteiger partial charge is 0.633 e. The van der Waals surface area contributed by atoms with E-state index < -0.39 is 28.9 Å². The van der Waals surface area contributed by atoms with Crippen LogP contribution in [-0.4, -0.2) is 41.5 Å². The third kappa shape index (κ3) is 4.37. The van der Waals surface area contributed by atoms with Crippen LogP contribution in [0.3, 0.4) is 0 Å². The van der Waals surface area contributed by atoms with Crippen molar-refractivity contribution in [1.82, 2.24) is 4.98 Å². The molecule has 1 N–H and O–H groups in total. The molecule has 0 radical (unpaired) electrons. The SMILES string of the molecule is C[N+]1([O-])CCC(C(=O)c2cccc(NC(=O)c3c(F)cc(F)cc3F)n2)CC1. The number of halogens is 3. The first kappa shape index (κ1) is 20.0. The van der Waals surface area contributed by atoms with Crippen molar-refractivity contribution in [2.24, 2.45) is 5.92 Å². The Balaban J connectivity index is 1.75. The first-order valence-electron chi connectivity index (χ1n) is 8.69. The average Bonchev–Trinajstić information content (AvgIpc) is 2.60. The number of piperidine rings is 1. The lowest BCUT2D eigenvalue weighted by Gasteiger charge is -2.43. The van der Waals surface area contributed by atoms with Crippen molar-refractivity contribution >= 4 is 17.5 Å². The highest BCUT2D eigenvalue weighted by Gasteiger charge is 2.30. The number of pyridine rings is 1. The van der Waals surface area contributed by atoms with E-state index in [4.69, 9.17) is 0 Å². The molecule has 1 aromatic heterocycles. The Labute approximate surface area is 159 Å². The van der Waals surface area contributed by atoms with Crippen LogP contribution in [-0.2, 0) is 0 Å². The molecule has 0 unspecified atom stereocenters. The van der Waals surface area contributed by atoms with Gasteiger partial charge < -0.3 is 15.2 Å². The van der Waals surface area contributed by atoms with E-state index in [9.17, 15) is 28.0 Å². The van der Waals surface area contributed by atoms with E-state index in [2.05, 4.69) is 10.3 Å². The summed E-state index contributed by atoms with van der Waals surface area (Å²) < 4.78 is 40.1. The van der Waals surface area contributed by atoms with E-state index in [-0.39, 0.29) is 27.9 Å². The second-order valence-corrected chi connectivity index (χ2v) is 6.99. The third-order valence-electron chi connectivity index (χ3n) is 4.75. The zero-order chi connectivity index (χ0) is 20.5. The number of nitrogens with zero attached hydrogens (tertiary/aromatic N) is 2. The van der Waals surface area contributed by atoms with Crippen molar-refractivity contribution in [1.29, 1.82) is 0 Å². The topological polar surface area (TPSA) is 82.1 Å². The molecule has 2 heterocycles. The summed E-state index contributed by atoms with van der Waals surface area (Å²) in [6, 6.07) is 5.11. The predicted molar refractivity (Wildman–Crippen MR) is 94.8 cm³/mol. The van der Waals surface area contributed by atoms with E-state index >= 15 is 0 Å². The zero-order valence-corrected chi connectivity index (χ0v) is 15.0. The minimum atomic E-state index is -1.34. The molecule has 0 spiro atoms. The minimum absolute atomic E-state index is 0.0702. The first-order chi connectivity index (χ1) is 13.2. The Hall–Kier alpha value is -2.78. The lowest BCUT2D eigenvalue weighted by molar-refractivity contribution is -0.866. The fourth-order valence-corrected chi connectivity index (χ4v) is 3.16. The number of hydrogen-bond acceptors (Lipinski definition) is 4. The molecular weight excluding hydrogens is 375 g/mol. The number of quaternary nitrogens is 1. The van der Waals surface area contributed by atoms with Crippen molar-refractivity contribution in [2.45, 2.75) is 12.8 Å². The molecule has 0 bridgehead atoms. The van der Waals surface area contributed by atoms with E-state index in [1.807, 2.05) is 0 Å². The molecule has 0 atom stereocenters.